The van der Waals surface area contributed by atoms with Crippen LogP contribution >= 0.6 is 23.1 Å². The van der Waals surface area contributed by atoms with Gasteiger partial charge in [0.15, 0.2) is 0 Å². The van der Waals surface area contributed by atoms with Crippen molar-refractivity contribution in [1.82, 2.24) is 0 Å². The number of anilines is 1. The summed E-state index contributed by atoms with van der Waals surface area (Å²) in [4.78, 5) is 37.2. The van der Waals surface area contributed by atoms with Crippen LogP contribution in [-0.2, 0) is 20.8 Å². The molecule has 9 heteroatoms. The van der Waals surface area contributed by atoms with Crippen LogP contribution in [0.4, 0.5) is 5.00 Å². The second-order valence-electron chi connectivity index (χ2n) is 4.91. The zero-order valence-corrected chi connectivity index (χ0v) is 16.0. The van der Waals surface area contributed by atoms with E-state index in [4.69, 9.17) is 19.9 Å². The third-order valence-electron chi connectivity index (χ3n) is 3.47. The molecule has 0 amide bonds. The molecular weight excluding hydrogens is 378 g/mol. The molecule has 7 nitrogen and oxygen atoms in total. The van der Waals surface area contributed by atoms with Crippen molar-refractivity contribution in [3.8, 4) is 0 Å². The first-order valence-corrected chi connectivity index (χ1v) is 9.36. The second kappa shape index (κ2) is 8.72. The predicted molar refractivity (Wildman–Crippen MR) is 98.8 cm³/mol. The van der Waals surface area contributed by atoms with Crippen molar-refractivity contribution in [2.45, 2.75) is 11.5 Å². The summed E-state index contributed by atoms with van der Waals surface area (Å²) in [6.07, 6.45) is 1.84. The average molecular weight is 395 g/mol. The van der Waals surface area contributed by atoms with Gasteiger partial charge >= 0.3 is 17.9 Å². The fourth-order valence-electron chi connectivity index (χ4n) is 2.23. The summed E-state index contributed by atoms with van der Waals surface area (Å²) in [6, 6.07) is 6.97. The first-order valence-electron chi connectivity index (χ1n) is 7.32. The van der Waals surface area contributed by atoms with E-state index >= 15 is 0 Å². The molecule has 1 aromatic carbocycles. The van der Waals surface area contributed by atoms with Crippen LogP contribution in [0.1, 0.15) is 36.0 Å². The molecule has 0 aliphatic rings. The molecule has 0 atom stereocenters. The topological polar surface area (TPSA) is 105 Å². The highest BCUT2D eigenvalue weighted by Gasteiger charge is 2.28. The third kappa shape index (κ3) is 4.00. The van der Waals surface area contributed by atoms with Crippen LogP contribution in [0.15, 0.2) is 29.2 Å². The van der Waals surface area contributed by atoms with Crippen molar-refractivity contribution in [3.63, 3.8) is 0 Å². The van der Waals surface area contributed by atoms with Crippen LogP contribution in [0.5, 0.6) is 0 Å². The number of carbonyl (C=O) groups excluding carboxylic acids is 3. The molecule has 0 saturated heterocycles. The number of benzene rings is 1. The van der Waals surface area contributed by atoms with Crippen LogP contribution < -0.4 is 5.73 Å². The standard InChI is InChI=1S/C17H17NO6S2/c1-22-16(20)12-10(13(17(21)23-2)26-14(12)18)8-24-15(19)9-6-4-5-7-11(9)25-3/h4-7H,8,18H2,1-3H3. The maximum absolute atomic E-state index is 12.4. The number of ether oxygens (including phenoxy) is 3. The number of nitrogen functional groups attached to an aromatic ring is 1. The quantitative estimate of drug-likeness (QED) is 0.452. The van der Waals surface area contributed by atoms with Crippen LogP contribution in [-0.4, -0.2) is 38.4 Å². The van der Waals surface area contributed by atoms with Gasteiger partial charge in [-0.1, -0.05) is 12.1 Å². The van der Waals surface area contributed by atoms with Crippen LogP contribution in [0.25, 0.3) is 0 Å². The summed E-state index contributed by atoms with van der Waals surface area (Å²) in [5, 5.41) is 0.0906. The van der Waals surface area contributed by atoms with Gasteiger partial charge in [-0.05, 0) is 18.4 Å². The highest BCUT2D eigenvalue weighted by Crippen LogP contribution is 2.33. The molecule has 0 unspecified atom stereocenters. The van der Waals surface area contributed by atoms with Gasteiger partial charge in [-0.2, -0.15) is 0 Å². The lowest BCUT2D eigenvalue weighted by molar-refractivity contribution is 0.0449. The van der Waals surface area contributed by atoms with Crippen LogP contribution in [0.2, 0.25) is 0 Å². The number of thioether (sulfide) groups is 1. The van der Waals surface area contributed by atoms with E-state index in [1.54, 1.807) is 18.2 Å². The van der Waals surface area contributed by atoms with Gasteiger partial charge in [-0.15, -0.1) is 23.1 Å². The van der Waals surface area contributed by atoms with Gasteiger partial charge < -0.3 is 19.9 Å². The fraction of sp³-hybridized carbons (Fsp3) is 0.235. The number of esters is 3. The summed E-state index contributed by atoms with van der Waals surface area (Å²) in [7, 11) is 2.41. The van der Waals surface area contributed by atoms with Crippen LogP contribution in [0.3, 0.4) is 0 Å². The molecule has 2 aromatic rings. The summed E-state index contributed by atoms with van der Waals surface area (Å²) in [5.41, 5.74) is 6.40. The molecule has 2 N–H and O–H groups in total. The van der Waals surface area contributed by atoms with Crippen molar-refractivity contribution in [3.05, 3.63) is 45.8 Å². The summed E-state index contributed by atoms with van der Waals surface area (Å²) in [6.45, 7) is -0.315. The molecule has 1 heterocycles. The summed E-state index contributed by atoms with van der Waals surface area (Å²) in [5.74, 6) is -1.97. The molecule has 0 aliphatic heterocycles. The number of thiophene rings is 1. The first-order chi connectivity index (χ1) is 12.4. The Morgan fingerprint density at radius 3 is 2.35 bits per heavy atom. The van der Waals surface area contributed by atoms with E-state index in [9.17, 15) is 14.4 Å². The zero-order valence-electron chi connectivity index (χ0n) is 14.4. The molecule has 2 rings (SSSR count). The summed E-state index contributed by atoms with van der Waals surface area (Å²) >= 11 is 2.29. The number of hydrogen-bond acceptors (Lipinski definition) is 9. The van der Waals surface area contributed by atoms with Crippen molar-refractivity contribution in [2.75, 3.05) is 26.2 Å². The molecular formula is C17H17NO6S2. The van der Waals surface area contributed by atoms with E-state index in [1.807, 2.05) is 12.3 Å². The molecule has 0 fully saturated rings. The van der Waals surface area contributed by atoms with Crippen molar-refractivity contribution in [2.24, 2.45) is 0 Å². The smallest absolute Gasteiger partial charge is 0.348 e. The number of nitrogens with two attached hydrogens (primary N) is 1. The van der Waals surface area contributed by atoms with Crippen molar-refractivity contribution < 1.29 is 28.6 Å². The van der Waals surface area contributed by atoms with E-state index in [0.29, 0.717) is 5.56 Å². The zero-order chi connectivity index (χ0) is 19.3. The molecule has 1 aromatic heterocycles. The van der Waals surface area contributed by atoms with E-state index in [-0.39, 0.29) is 27.6 Å². The minimum absolute atomic E-state index is 0.00357. The van der Waals surface area contributed by atoms with Gasteiger partial charge in [0.25, 0.3) is 0 Å². The lowest BCUT2D eigenvalue weighted by atomic mass is 10.1. The van der Waals surface area contributed by atoms with E-state index in [2.05, 4.69) is 0 Å². The molecule has 26 heavy (non-hydrogen) atoms. The Labute approximate surface area is 158 Å². The molecule has 138 valence electrons. The maximum atomic E-state index is 12.4. The Kier molecular flexibility index (Phi) is 6.64. The number of hydrogen-bond donors (Lipinski definition) is 1. The molecule has 0 saturated carbocycles. The predicted octanol–water partition coefficient (Wildman–Crippen LogP) is 2.98. The fourth-order valence-corrected chi connectivity index (χ4v) is 3.80. The van der Waals surface area contributed by atoms with Gasteiger partial charge in [0.05, 0.1) is 19.8 Å². The Hall–Kier alpha value is -2.52. The molecule has 0 spiro atoms. The molecule has 0 bridgehead atoms. The number of rotatable bonds is 6. The van der Waals surface area contributed by atoms with Gasteiger partial charge in [0.1, 0.15) is 22.0 Å². The lowest BCUT2D eigenvalue weighted by Gasteiger charge is -2.09. The second-order valence-corrected chi connectivity index (χ2v) is 6.81. The molecule has 0 aliphatic carbocycles. The van der Waals surface area contributed by atoms with Gasteiger partial charge in [-0.25, -0.2) is 14.4 Å². The third-order valence-corrected chi connectivity index (χ3v) is 5.31. The minimum Gasteiger partial charge on any atom is -0.465 e. The van der Waals surface area contributed by atoms with Crippen molar-refractivity contribution in [1.29, 1.82) is 0 Å². The minimum atomic E-state index is -0.718. The Bertz CT molecular complexity index is 846. The van der Waals surface area contributed by atoms with Crippen molar-refractivity contribution >= 4 is 46.0 Å². The van der Waals surface area contributed by atoms with E-state index in [1.165, 1.54) is 26.0 Å². The maximum Gasteiger partial charge on any atom is 0.348 e. The average Bonchev–Trinajstić information content (AvgIpc) is 3.00. The largest absolute Gasteiger partial charge is 0.465 e. The first kappa shape index (κ1) is 19.8. The van der Waals surface area contributed by atoms with Crippen LogP contribution in [0, 0.1) is 0 Å². The lowest BCUT2D eigenvalue weighted by Crippen LogP contribution is -2.13. The highest BCUT2D eigenvalue weighted by molar-refractivity contribution is 7.98. The van der Waals surface area contributed by atoms with Gasteiger partial charge in [0.2, 0.25) is 0 Å². The van der Waals surface area contributed by atoms with E-state index < -0.39 is 17.9 Å². The SMILES string of the molecule is COC(=O)c1sc(N)c(C(=O)OC)c1COC(=O)c1ccccc1SC. The van der Waals surface area contributed by atoms with Gasteiger partial charge in [0, 0.05) is 10.5 Å². The normalized spacial score (nSPS) is 10.3. The number of carbonyl (C=O) groups is 3. The van der Waals surface area contributed by atoms with E-state index in [0.717, 1.165) is 16.2 Å². The van der Waals surface area contributed by atoms with Gasteiger partial charge in [-0.3, -0.25) is 0 Å². The molecule has 0 radical (unpaired) electrons. The Balaban J connectivity index is 2.34. The Morgan fingerprint density at radius 1 is 1.08 bits per heavy atom. The highest BCUT2D eigenvalue weighted by atomic mass is 32.2. The Morgan fingerprint density at radius 2 is 1.73 bits per heavy atom. The summed E-state index contributed by atoms with van der Waals surface area (Å²) < 4.78 is 14.7. The monoisotopic (exact) mass is 395 g/mol. The number of methoxy groups -OCH3 is 2.